The first kappa shape index (κ1) is 29.5. The molecule has 4 rings (SSSR count). The minimum Gasteiger partial charge on any atom is -0.493 e. The van der Waals surface area contributed by atoms with Crippen molar-refractivity contribution in [3.05, 3.63) is 53.7 Å². The van der Waals surface area contributed by atoms with Crippen LogP contribution in [0.4, 0.5) is 5.82 Å². The second-order valence-electron chi connectivity index (χ2n) is 9.31. The highest BCUT2D eigenvalue weighted by molar-refractivity contribution is 7.86. The molecule has 1 unspecified atom stereocenters. The van der Waals surface area contributed by atoms with Gasteiger partial charge in [-0.15, -0.1) is 0 Å². The van der Waals surface area contributed by atoms with Crippen LogP contribution in [0, 0.1) is 0 Å². The molecule has 1 N–H and O–H groups in total. The number of nitrogens with zero attached hydrogens (tertiary/aromatic N) is 7. The molecule has 1 aliphatic rings. The van der Waals surface area contributed by atoms with E-state index in [0.29, 0.717) is 42.8 Å². The van der Waals surface area contributed by atoms with E-state index in [9.17, 15) is 13.2 Å². The van der Waals surface area contributed by atoms with Crippen molar-refractivity contribution >= 4 is 33.5 Å². The van der Waals surface area contributed by atoms with E-state index < -0.39 is 16.3 Å². The Bertz CT molecular complexity index is 1420. The molecule has 1 atom stereocenters. The molecule has 3 heterocycles. The van der Waals surface area contributed by atoms with Gasteiger partial charge in [0.1, 0.15) is 17.3 Å². The Morgan fingerprint density at radius 2 is 1.93 bits per heavy atom. The Balaban J connectivity index is 1.50. The number of rotatable bonds is 11. The van der Waals surface area contributed by atoms with Crippen LogP contribution in [0.15, 0.2) is 43.0 Å². The first-order valence-corrected chi connectivity index (χ1v) is 14.3. The zero-order valence-corrected chi connectivity index (χ0v) is 24.4. The summed E-state index contributed by atoms with van der Waals surface area (Å²) in [6.45, 7) is 1.03. The molecular formula is C25H33ClN8O5S. The van der Waals surface area contributed by atoms with Gasteiger partial charge in [-0.3, -0.25) is 9.36 Å². The number of ether oxygens (including phenoxy) is 2. The lowest BCUT2D eigenvalue weighted by Crippen LogP contribution is -2.58. The van der Waals surface area contributed by atoms with Crippen molar-refractivity contribution in [2.75, 3.05) is 59.4 Å². The van der Waals surface area contributed by atoms with Gasteiger partial charge in [0, 0.05) is 65.2 Å². The van der Waals surface area contributed by atoms with Crippen LogP contribution < -0.4 is 19.7 Å². The highest BCUT2D eigenvalue weighted by atomic mass is 35.5. The maximum atomic E-state index is 13.1. The number of benzene rings is 1. The minimum absolute atomic E-state index is 0.0490. The van der Waals surface area contributed by atoms with Gasteiger partial charge in [-0.2, -0.15) is 22.0 Å². The van der Waals surface area contributed by atoms with Crippen LogP contribution in [0.1, 0.15) is 12.0 Å². The molecule has 216 valence electrons. The van der Waals surface area contributed by atoms with Crippen LogP contribution in [0.25, 0.3) is 5.95 Å². The molecule has 40 heavy (non-hydrogen) atoms. The van der Waals surface area contributed by atoms with Crippen LogP contribution in [-0.2, 0) is 21.4 Å². The van der Waals surface area contributed by atoms with E-state index >= 15 is 0 Å². The van der Waals surface area contributed by atoms with Crippen molar-refractivity contribution in [1.29, 1.82) is 0 Å². The van der Waals surface area contributed by atoms with E-state index in [2.05, 4.69) is 20.3 Å². The summed E-state index contributed by atoms with van der Waals surface area (Å²) in [5, 5.41) is 3.17. The van der Waals surface area contributed by atoms with Crippen molar-refractivity contribution in [3.8, 4) is 17.4 Å². The summed E-state index contributed by atoms with van der Waals surface area (Å²) < 4.78 is 40.6. The maximum absolute atomic E-state index is 13.1. The zero-order valence-electron chi connectivity index (χ0n) is 22.8. The van der Waals surface area contributed by atoms with Crippen molar-refractivity contribution in [3.63, 3.8) is 0 Å². The fourth-order valence-corrected chi connectivity index (χ4v) is 5.75. The molecule has 1 aliphatic heterocycles. The number of halogens is 1. The van der Waals surface area contributed by atoms with Gasteiger partial charge in [-0.1, -0.05) is 17.7 Å². The topological polar surface area (TPSA) is 135 Å². The van der Waals surface area contributed by atoms with E-state index in [1.54, 1.807) is 43.6 Å². The maximum Gasteiger partial charge on any atom is 0.281 e. The second-order valence-corrected chi connectivity index (χ2v) is 11.8. The van der Waals surface area contributed by atoms with Crippen molar-refractivity contribution in [1.82, 2.24) is 33.4 Å². The van der Waals surface area contributed by atoms with Crippen LogP contribution in [0.2, 0.25) is 5.15 Å². The first-order chi connectivity index (χ1) is 19.1. The molecule has 13 nitrogen and oxygen atoms in total. The van der Waals surface area contributed by atoms with E-state index in [4.69, 9.17) is 21.1 Å². The molecule has 1 aromatic carbocycles. The standard InChI is InChI=1S/C25H33ClN8O5S/c1-31(2)40(36,37)33-11-12-34(23-15-22(26)29-25(30-23)32-10-9-27-17-32)19(16-33)14-24(35)28-8-7-18-5-6-20(38-3)21(13-18)39-4/h5-6,9-10,13,15,17,19H,7-8,11-12,14,16H2,1-4H3,(H,28,35). The third-order valence-electron chi connectivity index (χ3n) is 6.54. The average Bonchev–Trinajstić information content (AvgIpc) is 3.48. The first-order valence-electron chi connectivity index (χ1n) is 12.6. The molecule has 15 heteroatoms. The Labute approximate surface area is 238 Å². The van der Waals surface area contributed by atoms with Gasteiger partial charge in [-0.05, 0) is 24.1 Å². The van der Waals surface area contributed by atoms with Crippen LogP contribution in [-0.4, -0.2) is 103 Å². The highest BCUT2D eigenvalue weighted by Crippen LogP contribution is 2.28. The molecule has 3 aromatic rings. The summed E-state index contributed by atoms with van der Waals surface area (Å²) >= 11 is 6.33. The van der Waals surface area contributed by atoms with Gasteiger partial charge >= 0.3 is 0 Å². The highest BCUT2D eigenvalue weighted by Gasteiger charge is 2.36. The lowest BCUT2D eigenvalue weighted by molar-refractivity contribution is -0.121. The number of carbonyl (C=O) groups is 1. The zero-order chi connectivity index (χ0) is 28.9. The molecule has 0 bridgehead atoms. The Kier molecular flexibility index (Phi) is 9.45. The smallest absolute Gasteiger partial charge is 0.281 e. The summed E-state index contributed by atoms with van der Waals surface area (Å²) in [4.78, 5) is 27.9. The summed E-state index contributed by atoms with van der Waals surface area (Å²) in [5.41, 5.74) is 0.975. The van der Waals surface area contributed by atoms with E-state index in [1.807, 2.05) is 23.1 Å². The summed E-state index contributed by atoms with van der Waals surface area (Å²) in [5.74, 6) is 1.85. The fourth-order valence-electron chi connectivity index (χ4n) is 4.45. The Morgan fingerprint density at radius 1 is 1.15 bits per heavy atom. The van der Waals surface area contributed by atoms with Gasteiger partial charge in [0.2, 0.25) is 11.9 Å². The van der Waals surface area contributed by atoms with Gasteiger partial charge in [0.15, 0.2) is 11.5 Å². The number of hydrogen-bond acceptors (Lipinski definition) is 9. The summed E-state index contributed by atoms with van der Waals surface area (Å²) in [6.07, 6.45) is 5.48. The number of hydrogen-bond donors (Lipinski definition) is 1. The van der Waals surface area contributed by atoms with Crippen LogP contribution in [0.3, 0.4) is 0 Å². The van der Waals surface area contributed by atoms with Crippen molar-refractivity contribution in [2.24, 2.45) is 0 Å². The number of methoxy groups -OCH3 is 2. The Hall–Kier alpha value is -3.46. The number of carbonyl (C=O) groups excluding carboxylic acids is 1. The van der Waals surface area contributed by atoms with Gasteiger partial charge < -0.3 is 19.7 Å². The van der Waals surface area contributed by atoms with Crippen LogP contribution in [0.5, 0.6) is 11.5 Å². The van der Waals surface area contributed by atoms with Gasteiger partial charge in [0.05, 0.1) is 20.3 Å². The molecule has 0 spiro atoms. The number of piperazine rings is 1. The predicted molar refractivity (Wildman–Crippen MR) is 150 cm³/mol. The van der Waals surface area contributed by atoms with E-state index in [-0.39, 0.29) is 30.6 Å². The largest absolute Gasteiger partial charge is 0.493 e. The van der Waals surface area contributed by atoms with E-state index in [0.717, 1.165) is 5.56 Å². The number of amides is 1. The lowest BCUT2D eigenvalue weighted by Gasteiger charge is -2.41. The normalized spacial score (nSPS) is 16.2. The van der Waals surface area contributed by atoms with Crippen molar-refractivity contribution < 1.29 is 22.7 Å². The molecule has 2 aromatic heterocycles. The number of imidazole rings is 1. The third kappa shape index (κ3) is 6.81. The predicted octanol–water partition coefficient (Wildman–Crippen LogP) is 1.38. The molecule has 0 radical (unpaired) electrons. The van der Waals surface area contributed by atoms with Crippen molar-refractivity contribution in [2.45, 2.75) is 18.9 Å². The van der Waals surface area contributed by atoms with Gasteiger partial charge in [-0.25, -0.2) is 9.97 Å². The molecule has 0 saturated carbocycles. The molecule has 0 aliphatic carbocycles. The molecule has 1 fully saturated rings. The monoisotopic (exact) mass is 592 g/mol. The number of aromatic nitrogens is 4. The fraction of sp³-hybridized carbons (Fsp3) is 0.440. The minimum atomic E-state index is -3.68. The molecule has 1 amide bonds. The molecule has 1 saturated heterocycles. The average molecular weight is 593 g/mol. The van der Waals surface area contributed by atoms with E-state index in [1.165, 1.54) is 22.7 Å². The SMILES string of the molecule is COc1ccc(CCNC(=O)CC2CN(S(=O)(=O)N(C)C)CCN2c2cc(Cl)nc(-n3ccnc3)n2)cc1OC. The second kappa shape index (κ2) is 12.8. The quantitative estimate of drug-likeness (QED) is 0.328. The summed E-state index contributed by atoms with van der Waals surface area (Å²) in [6, 6.07) is 6.72. The lowest BCUT2D eigenvalue weighted by atomic mass is 10.1. The van der Waals surface area contributed by atoms with Crippen LogP contribution >= 0.6 is 11.6 Å². The number of anilines is 1. The van der Waals surface area contributed by atoms with Gasteiger partial charge in [0.25, 0.3) is 10.2 Å². The molecular weight excluding hydrogens is 560 g/mol. The third-order valence-corrected chi connectivity index (χ3v) is 8.64. The number of nitrogens with one attached hydrogen (secondary N) is 1. The summed E-state index contributed by atoms with van der Waals surface area (Å²) in [7, 11) is 2.44. The Morgan fingerprint density at radius 3 is 2.60 bits per heavy atom.